The highest BCUT2D eigenvalue weighted by atomic mass is 16.6. The summed E-state index contributed by atoms with van der Waals surface area (Å²) in [4.78, 5) is 8.80. The largest absolute Gasteiger partial charge is 0.394 e. The number of rotatable bonds is 5. The van der Waals surface area contributed by atoms with Crippen LogP contribution in [0.1, 0.15) is 23.9 Å². The van der Waals surface area contributed by atoms with Gasteiger partial charge in [-0.2, -0.15) is 0 Å². The zero-order valence-corrected chi connectivity index (χ0v) is 14.6. The van der Waals surface area contributed by atoms with E-state index in [4.69, 9.17) is 10.5 Å². The number of nitrogens with zero attached hydrogens (tertiary/aromatic N) is 3. The van der Waals surface area contributed by atoms with Gasteiger partial charge in [-0.25, -0.2) is 9.98 Å². The molecule has 5 atom stereocenters. The number of fused-ring (bicyclic) bond motifs is 1. The lowest BCUT2D eigenvalue weighted by molar-refractivity contribution is -0.0518. The van der Waals surface area contributed by atoms with Gasteiger partial charge in [-0.3, -0.25) is 4.57 Å². The molecule has 9 nitrogen and oxygen atoms in total. The standard InChI is InChI=1S/C18H23N5O4/c19-18(7-6-11-4-2-1-3-5-11)15-16(20-9-22-18)23(10-21-15)17-14(26)13(25)12(8-24)27-17/h1-5,9-10,12-14,17,24-26H,6-8,19H2,(H,20,22)/t12-,13-,14-,17-,18?/m1/s1. The lowest BCUT2D eigenvalue weighted by atomic mass is 9.97. The summed E-state index contributed by atoms with van der Waals surface area (Å²) in [5, 5.41) is 32.6. The molecule has 1 aromatic heterocycles. The van der Waals surface area contributed by atoms with Gasteiger partial charge in [0, 0.05) is 0 Å². The molecule has 9 heteroatoms. The minimum atomic E-state index is -1.20. The van der Waals surface area contributed by atoms with Crippen LogP contribution in [0.15, 0.2) is 41.7 Å². The molecule has 0 amide bonds. The van der Waals surface area contributed by atoms with E-state index in [-0.39, 0.29) is 0 Å². The fourth-order valence-corrected chi connectivity index (χ4v) is 3.56. The Bertz CT molecular complexity index is 826. The summed E-state index contributed by atoms with van der Waals surface area (Å²) >= 11 is 0. The Balaban J connectivity index is 1.59. The molecular formula is C18H23N5O4. The van der Waals surface area contributed by atoms with Crippen LogP contribution < -0.4 is 11.1 Å². The number of nitrogens with one attached hydrogen (secondary N) is 1. The van der Waals surface area contributed by atoms with Gasteiger partial charge in [-0.1, -0.05) is 30.3 Å². The van der Waals surface area contributed by atoms with Crippen molar-refractivity contribution in [1.82, 2.24) is 9.55 Å². The smallest absolute Gasteiger partial charge is 0.165 e. The molecule has 1 aromatic carbocycles. The Hall–Kier alpha value is -2.30. The first-order valence-electron chi connectivity index (χ1n) is 8.86. The van der Waals surface area contributed by atoms with E-state index in [1.165, 1.54) is 12.7 Å². The third kappa shape index (κ3) is 3.13. The van der Waals surface area contributed by atoms with E-state index in [9.17, 15) is 15.3 Å². The number of hydrogen-bond acceptors (Lipinski definition) is 8. The molecule has 27 heavy (non-hydrogen) atoms. The number of aryl methyl sites for hydroxylation is 1. The lowest BCUT2D eigenvalue weighted by Gasteiger charge is -2.29. The molecule has 2 aliphatic rings. The van der Waals surface area contributed by atoms with Crippen LogP contribution in [0.3, 0.4) is 0 Å². The second-order valence-corrected chi connectivity index (χ2v) is 6.89. The van der Waals surface area contributed by atoms with E-state index in [0.29, 0.717) is 17.9 Å². The fourth-order valence-electron chi connectivity index (χ4n) is 3.56. The fraction of sp³-hybridized carbons (Fsp3) is 0.444. The van der Waals surface area contributed by atoms with E-state index in [1.54, 1.807) is 4.57 Å². The molecule has 1 saturated heterocycles. The highest BCUT2D eigenvalue weighted by Gasteiger charge is 2.45. The number of ether oxygens (including phenoxy) is 1. The molecule has 4 rings (SSSR count). The highest BCUT2D eigenvalue weighted by Crippen LogP contribution is 2.38. The van der Waals surface area contributed by atoms with E-state index in [1.807, 2.05) is 30.3 Å². The number of aromatic nitrogens is 2. The summed E-state index contributed by atoms with van der Waals surface area (Å²) in [7, 11) is 0. The van der Waals surface area contributed by atoms with Gasteiger partial charge in [0.05, 0.1) is 19.3 Å². The van der Waals surface area contributed by atoms with E-state index in [0.717, 1.165) is 12.0 Å². The topological polar surface area (TPSA) is 138 Å². The average Bonchev–Trinajstić information content (AvgIpc) is 3.24. The van der Waals surface area contributed by atoms with Crippen LogP contribution in [0.2, 0.25) is 0 Å². The predicted molar refractivity (Wildman–Crippen MR) is 98.0 cm³/mol. The molecule has 0 bridgehead atoms. The van der Waals surface area contributed by atoms with Crippen molar-refractivity contribution in [3.05, 3.63) is 47.9 Å². The van der Waals surface area contributed by atoms with Gasteiger partial charge in [0.1, 0.15) is 29.8 Å². The van der Waals surface area contributed by atoms with Crippen molar-refractivity contribution in [2.75, 3.05) is 11.9 Å². The Morgan fingerprint density at radius 3 is 2.70 bits per heavy atom. The Morgan fingerprint density at radius 1 is 1.22 bits per heavy atom. The summed E-state index contributed by atoms with van der Waals surface area (Å²) < 4.78 is 7.17. The molecule has 3 heterocycles. The van der Waals surface area contributed by atoms with Crippen LogP contribution >= 0.6 is 0 Å². The number of anilines is 1. The monoisotopic (exact) mass is 373 g/mol. The molecule has 0 aliphatic carbocycles. The van der Waals surface area contributed by atoms with Crippen LogP contribution in [-0.2, 0) is 16.8 Å². The summed E-state index contributed by atoms with van der Waals surface area (Å²) in [5.74, 6) is 0.551. The van der Waals surface area contributed by atoms with Crippen molar-refractivity contribution in [1.29, 1.82) is 0 Å². The van der Waals surface area contributed by atoms with Gasteiger partial charge < -0.3 is 31.1 Å². The quantitative estimate of drug-likeness (QED) is 0.485. The zero-order valence-electron chi connectivity index (χ0n) is 14.6. The lowest BCUT2D eigenvalue weighted by Crippen LogP contribution is -2.39. The van der Waals surface area contributed by atoms with Gasteiger partial charge in [0.15, 0.2) is 11.9 Å². The van der Waals surface area contributed by atoms with Crippen molar-refractivity contribution in [3.8, 4) is 0 Å². The second-order valence-electron chi connectivity index (χ2n) is 6.89. The van der Waals surface area contributed by atoms with Crippen LogP contribution in [0, 0.1) is 0 Å². The Morgan fingerprint density at radius 2 is 2.00 bits per heavy atom. The van der Waals surface area contributed by atoms with Gasteiger partial charge in [-0.05, 0) is 18.4 Å². The first-order chi connectivity index (χ1) is 13.0. The minimum Gasteiger partial charge on any atom is -0.394 e. The number of benzene rings is 1. The van der Waals surface area contributed by atoms with Crippen LogP contribution in [0.4, 0.5) is 5.82 Å². The predicted octanol–water partition coefficient (Wildman–Crippen LogP) is -0.307. The maximum Gasteiger partial charge on any atom is 0.165 e. The van der Waals surface area contributed by atoms with Crippen molar-refractivity contribution >= 4 is 12.2 Å². The van der Waals surface area contributed by atoms with Crippen LogP contribution in [-0.4, -0.2) is 56.1 Å². The first-order valence-corrected chi connectivity index (χ1v) is 8.86. The molecule has 144 valence electrons. The summed E-state index contributed by atoms with van der Waals surface area (Å²) in [6.45, 7) is -0.390. The summed E-state index contributed by atoms with van der Waals surface area (Å²) in [6, 6.07) is 9.99. The molecule has 6 N–H and O–H groups in total. The molecule has 0 saturated carbocycles. The molecule has 1 unspecified atom stereocenters. The van der Waals surface area contributed by atoms with Crippen molar-refractivity contribution in [2.45, 2.75) is 43.0 Å². The number of aliphatic hydroxyl groups is 3. The maximum atomic E-state index is 10.3. The van der Waals surface area contributed by atoms with Crippen molar-refractivity contribution in [3.63, 3.8) is 0 Å². The zero-order chi connectivity index (χ0) is 19.0. The highest BCUT2D eigenvalue weighted by molar-refractivity contribution is 5.78. The molecular weight excluding hydrogens is 350 g/mol. The van der Waals surface area contributed by atoms with Gasteiger partial charge in [0.2, 0.25) is 0 Å². The molecule has 2 aromatic rings. The first kappa shape index (κ1) is 18.1. The summed E-state index contributed by atoms with van der Waals surface area (Å²) in [6.07, 6.45) is 0.161. The maximum absolute atomic E-state index is 10.3. The van der Waals surface area contributed by atoms with E-state index >= 15 is 0 Å². The third-order valence-electron chi connectivity index (χ3n) is 5.13. The number of aliphatic hydroxyl groups excluding tert-OH is 3. The Labute approximate surface area is 156 Å². The average molecular weight is 373 g/mol. The van der Waals surface area contributed by atoms with Crippen molar-refractivity contribution in [2.24, 2.45) is 10.7 Å². The molecule has 1 fully saturated rings. The minimum absolute atomic E-state index is 0.390. The van der Waals surface area contributed by atoms with Gasteiger partial charge >= 0.3 is 0 Å². The van der Waals surface area contributed by atoms with Crippen molar-refractivity contribution < 1.29 is 20.1 Å². The SMILES string of the molecule is NC1(CCc2ccccc2)N=CNc2c1ncn2[C@@H]1O[C@H](CO)[C@@H](O)[C@H]1O. The van der Waals surface area contributed by atoms with Gasteiger partial charge in [0.25, 0.3) is 0 Å². The third-order valence-corrected chi connectivity index (χ3v) is 5.13. The summed E-state index contributed by atoms with van der Waals surface area (Å²) in [5.41, 5.74) is 7.22. The second kappa shape index (κ2) is 7.02. The number of aliphatic imine (C=N–C) groups is 1. The van der Waals surface area contributed by atoms with Gasteiger partial charge in [-0.15, -0.1) is 0 Å². The van der Waals surface area contributed by atoms with Crippen LogP contribution in [0.25, 0.3) is 0 Å². The Kier molecular flexibility index (Phi) is 4.70. The molecule has 2 aliphatic heterocycles. The number of imidazole rings is 1. The van der Waals surface area contributed by atoms with E-state index < -0.39 is 36.8 Å². The normalized spacial score (nSPS) is 32.3. The number of hydrogen-bond donors (Lipinski definition) is 5. The molecule has 0 spiro atoms. The van der Waals surface area contributed by atoms with Crippen LogP contribution in [0.5, 0.6) is 0 Å². The number of nitrogens with two attached hydrogens (primary N) is 1. The van der Waals surface area contributed by atoms with E-state index in [2.05, 4.69) is 15.3 Å². The molecule has 0 radical (unpaired) electrons.